The Bertz CT molecular complexity index is 149. The molecule has 1 aliphatic rings. The molecule has 0 aromatic carbocycles. The molecular weight excluding hydrogens is 174 g/mol. The van der Waals surface area contributed by atoms with Crippen molar-refractivity contribution in [3.8, 4) is 0 Å². The third-order valence-corrected chi connectivity index (χ3v) is 3.58. The van der Waals surface area contributed by atoms with Gasteiger partial charge in [-0.05, 0) is 30.7 Å². The average molecular weight is 199 g/mol. The second-order valence-electron chi connectivity index (χ2n) is 4.66. The summed E-state index contributed by atoms with van der Waals surface area (Å²) in [6.07, 6.45) is 5.15. The van der Waals surface area contributed by atoms with Gasteiger partial charge in [-0.15, -0.1) is 0 Å². The van der Waals surface area contributed by atoms with E-state index >= 15 is 0 Å². The molecule has 2 heteroatoms. The third-order valence-electron chi connectivity index (χ3n) is 3.58. The minimum atomic E-state index is 0.353. The number of hydrogen-bond donors (Lipinski definition) is 2. The van der Waals surface area contributed by atoms with Crippen molar-refractivity contribution >= 4 is 0 Å². The molecule has 2 unspecified atom stereocenters. The summed E-state index contributed by atoms with van der Waals surface area (Å²) in [5.74, 6) is 2.16. The summed E-state index contributed by atoms with van der Waals surface area (Å²) in [6, 6.07) is 0. The van der Waals surface area contributed by atoms with Gasteiger partial charge in [0.25, 0.3) is 0 Å². The summed E-state index contributed by atoms with van der Waals surface area (Å²) in [4.78, 5) is 0. The summed E-state index contributed by atoms with van der Waals surface area (Å²) in [5, 5.41) is 12.6. The molecule has 84 valence electrons. The van der Waals surface area contributed by atoms with E-state index in [0.29, 0.717) is 12.5 Å². The zero-order valence-corrected chi connectivity index (χ0v) is 9.63. The van der Waals surface area contributed by atoms with Crippen LogP contribution < -0.4 is 5.32 Å². The van der Waals surface area contributed by atoms with Gasteiger partial charge >= 0.3 is 0 Å². The maximum atomic E-state index is 9.15. The van der Waals surface area contributed by atoms with E-state index in [1.54, 1.807) is 0 Å². The lowest BCUT2D eigenvalue weighted by Crippen LogP contribution is -2.40. The van der Waals surface area contributed by atoms with E-state index in [9.17, 15) is 0 Å². The standard InChI is InChI=1S/C12H25NO/c1-3-5-11(4-2)12-6-10(9-14)7-13-8-12/h10-14H,3-9H2,1-2H3/t10-,11?,12?/m0/s1. The molecule has 2 N–H and O–H groups in total. The van der Waals surface area contributed by atoms with Crippen molar-refractivity contribution in [2.75, 3.05) is 19.7 Å². The van der Waals surface area contributed by atoms with Crippen molar-refractivity contribution in [1.29, 1.82) is 0 Å². The normalized spacial score (nSPS) is 30.2. The fourth-order valence-electron chi connectivity index (χ4n) is 2.71. The Morgan fingerprint density at radius 2 is 2.14 bits per heavy atom. The van der Waals surface area contributed by atoms with Gasteiger partial charge in [-0.25, -0.2) is 0 Å². The quantitative estimate of drug-likeness (QED) is 0.710. The number of hydrogen-bond acceptors (Lipinski definition) is 2. The SMILES string of the molecule is CCCC(CC)C1CNC[C@@H](CO)C1. The largest absolute Gasteiger partial charge is 0.396 e. The highest BCUT2D eigenvalue weighted by Crippen LogP contribution is 2.28. The molecule has 0 saturated carbocycles. The number of piperidine rings is 1. The maximum absolute atomic E-state index is 9.15. The monoisotopic (exact) mass is 199 g/mol. The molecule has 14 heavy (non-hydrogen) atoms. The Hall–Kier alpha value is -0.0800. The number of rotatable bonds is 5. The van der Waals surface area contributed by atoms with E-state index in [4.69, 9.17) is 5.11 Å². The van der Waals surface area contributed by atoms with Gasteiger partial charge in [0.05, 0.1) is 0 Å². The van der Waals surface area contributed by atoms with Gasteiger partial charge in [0.15, 0.2) is 0 Å². The van der Waals surface area contributed by atoms with Crippen molar-refractivity contribution < 1.29 is 5.11 Å². The van der Waals surface area contributed by atoms with Gasteiger partial charge in [-0.3, -0.25) is 0 Å². The van der Waals surface area contributed by atoms with Gasteiger partial charge < -0.3 is 10.4 Å². The van der Waals surface area contributed by atoms with E-state index in [-0.39, 0.29) is 0 Å². The van der Waals surface area contributed by atoms with Crippen molar-refractivity contribution in [2.24, 2.45) is 17.8 Å². The van der Waals surface area contributed by atoms with E-state index in [1.807, 2.05) is 0 Å². The fraction of sp³-hybridized carbons (Fsp3) is 1.00. The van der Waals surface area contributed by atoms with Crippen LogP contribution in [0.25, 0.3) is 0 Å². The van der Waals surface area contributed by atoms with Crippen LogP contribution in [-0.2, 0) is 0 Å². The van der Waals surface area contributed by atoms with Crippen LogP contribution in [0.5, 0.6) is 0 Å². The van der Waals surface area contributed by atoms with Crippen LogP contribution in [0.1, 0.15) is 39.5 Å². The fourth-order valence-corrected chi connectivity index (χ4v) is 2.71. The minimum Gasteiger partial charge on any atom is -0.396 e. The smallest absolute Gasteiger partial charge is 0.0471 e. The first-order valence-corrected chi connectivity index (χ1v) is 6.13. The lowest BCUT2D eigenvalue weighted by molar-refractivity contribution is 0.139. The molecule has 0 aromatic rings. The lowest BCUT2D eigenvalue weighted by atomic mass is 9.78. The molecule has 1 fully saturated rings. The van der Waals surface area contributed by atoms with Crippen molar-refractivity contribution in [2.45, 2.75) is 39.5 Å². The van der Waals surface area contributed by atoms with Gasteiger partial charge in [0.1, 0.15) is 0 Å². The Morgan fingerprint density at radius 3 is 2.71 bits per heavy atom. The predicted octanol–water partition coefficient (Wildman–Crippen LogP) is 2.03. The van der Waals surface area contributed by atoms with Crippen LogP contribution in [0, 0.1) is 17.8 Å². The zero-order chi connectivity index (χ0) is 10.4. The third kappa shape index (κ3) is 3.25. The Labute approximate surface area is 88.1 Å². The van der Waals surface area contributed by atoms with Gasteiger partial charge in [0.2, 0.25) is 0 Å². The highest BCUT2D eigenvalue weighted by Gasteiger charge is 2.26. The van der Waals surface area contributed by atoms with Gasteiger partial charge in [-0.1, -0.05) is 33.1 Å². The number of aliphatic hydroxyl groups is 1. The maximum Gasteiger partial charge on any atom is 0.0471 e. The van der Waals surface area contributed by atoms with E-state index in [0.717, 1.165) is 24.9 Å². The molecule has 1 aliphatic heterocycles. The molecule has 0 radical (unpaired) electrons. The molecule has 0 spiro atoms. The molecule has 0 bridgehead atoms. The Balaban J connectivity index is 2.40. The molecule has 0 aromatic heterocycles. The second kappa shape index (κ2) is 6.41. The molecule has 1 rings (SSSR count). The first-order valence-electron chi connectivity index (χ1n) is 6.13. The molecule has 3 atom stereocenters. The van der Waals surface area contributed by atoms with Crippen LogP contribution in [0.2, 0.25) is 0 Å². The van der Waals surface area contributed by atoms with E-state index in [1.165, 1.54) is 25.7 Å². The average Bonchev–Trinajstić information content (AvgIpc) is 2.26. The molecule has 0 aliphatic carbocycles. The molecule has 2 nitrogen and oxygen atoms in total. The highest BCUT2D eigenvalue weighted by molar-refractivity contribution is 4.80. The first kappa shape index (κ1) is 12.0. The van der Waals surface area contributed by atoms with Crippen molar-refractivity contribution in [1.82, 2.24) is 5.32 Å². The predicted molar refractivity (Wildman–Crippen MR) is 60.2 cm³/mol. The van der Waals surface area contributed by atoms with Crippen LogP contribution in [0.3, 0.4) is 0 Å². The summed E-state index contributed by atoms with van der Waals surface area (Å²) < 4.78 is 0. The van der Waals surface area contributed by atoms with Crippen LogP contribution in [-0.4, -0.2) is 24.8 Å². The highest BCUT2D eigenvalue weighted by atomic mass is 16.3. The first-order chi connectivity index (χ1) is 6.81. The lowest BCUT2D eigenvalue weighted by Gasteiger charge is -2.34. The number of aliphatic hydroxyl groups excluding tert-OH is 1. The van der Waals surface area contributed by atoms with Crippen molar-refractivity contribution in [3.05, 3.63) is 0 Å². The Morgan fingerprint density at radius 1 is 1.36 bits per heavy atom. The van der Waals surface area contributed by atoms with Gasteiger partial charge in [0, 0.05) is 13.2 Å². The molecular formula is C12H25NO. The van der Waals surface area contributed by atoms with E-state index < -0.39 is 0 Å². The van der Waals surface area contributed by atoms with Crippen LogP contribution in [0.15, 0.2) is 0 Å². The molecule has 1 heterocycles. The molecule has 1 saturated heterocycles. The topological polar surface area (TPSA) is 32.3 Å². The zero-order valence-electron chi connectivity index (χ0n) is 9.63. The molecule has 0 amide bonds. The van der Waals surface area contributed by atoms with Crippen LogP contribution >= 0.6 is 0 Å². The summed E-state index contributed by atoms with van der Waals surface area (Å²) in [6.45, 7) is 7.09. The van der Waals surface area contributed by atoms with Gasteiger partial charge in [-0.2, -0.15) is 0 Å². The summed E-state index contributed by atoms with van der Waals surface area (Å²) >= 11 is 0. The number of nitrogens with one attached hydrogen (secondary N) is 1. The van der Waals surface area contributed by atoms with Crippen LogP contribution in [0.4, 0.5) is 0 Å². The van der Waals surface area contributed by atoms with E-state index in [2.05, 4.69) is 19.2 Å². The Kier molecular flexibility index (Phi) is 5.49. The summed E-state index contributed by atoms with van der Waals surface area (Å²) in [5.41, 5.74) is 0. The van der Waals surface area contributed by atoms with Crippen molar-refractivity contribution in [3.63, 3.8) is 0 Å². The summed E-state index contributed by atoms with van der Waals surface area (Å²) in [7, 11) is 0. The second-order valence-corrected chi connectivity index (χ2v) is 4.66. The minimum absolute atomic E-state index is 0.353.